The van der Waals surface area contributed by atoms with Gasteiger partial charge in [0, 0.05) is 37.2 Å². The fourth-order valence-electron chi connectivity index (χ4n) is 5.95. The number of para-hydroxylation sites is 2. The quantitative estimate of drug-likeness (QED) is 0.0986. The monoisotopic (exact) mass is 863 g/mol. The molecule has 3 heterocycles. The van der Waals surface area contributed by atoms with Crippen molar-refractivity contribution < 1.29 is 26.9 Å². The van der Waals surface area contributed by atoms with Crippen LogP contribution >= 0.6 is 58.9 Å². The van der Waals surface area contributed by atoms with Crippen LogP contribution in [-0.2, 0) is 9.31 Å². The minimum atomic E-state index is -0.344. The van der Waals surface area contributed by atoms with E-state index in [1.807, 2.05) is 72.8 Å². The third-order valence-corrected chi connectivity index (χ3v) is 10.5. The van der Waals surface area contributed by atoms with Crippen LogP contribution in [0, 0.1) is 11.6 Å². The van der Waals surface area contributed by atoms with Gasteiger partial charge in [0.2, 0.25) is 0 Å². The van der Waals surface area contributed by atoms with Crippen LogP contribution in [0.3, 0.4) is 0 Å². The van der Waals surface area contributed by atoms with Gasteiger partial charge in [-0.3, -0.25) is 0 Å². The van der Waals surface area contributed by atoms with E-state index in [4.69, 9.17) is 41.3 Å². The van der Waals surface area contributed by atoms with Crippen molar-refractivity contribution in [3.05, 3.63) is 147 Å². The van der Waals surface area contributed by atoms with E-state index in [1.165, 1.54) is 24.3 Å². The van der Waals surface area contributed by atoms with Crippen LogP contribution < -0.4 is 5.46 Å². The number of rotatable bonds is 2. The van der Waals surface area contributed by atoms with Crippen LogP contribution in [-0.4, -0.2) is 18.3 Å². The lowest BCUT2D eigenvalue weighted by Crippen LogP contribution is -2.41. The Bertz CT molecular complexity index is 2580. The third kappa shape index (κ3) is 8.57. The lowest BCUT2D eigenvalue weighted by atomic mass is 9.78. The molecule has 1 fully saturated rings. The Morgan fingerprint density at radius 1 is 0.556 bits per heavy atom. The maximum absolute atomic E-state index is 14.0. The van der Waals surface area contributed by atoms with Crippen molar-refractivity contribution in [1.82, 2.24) is 0 Å². The second kappa shape index (κ2) is 16.8. The summed E-state index contributed by atoms with van der Waals surface area (Å²) in [7, 11) is -0.344. The summed E-state index contributed by atoms with van der Waals surface area (Å²) in [6.07, 6.45) is 0. The van der Waals surface area contributed by atoms with Gasteiger partial charge in [-0.05, 0) is 121 Å². The van der Waals surface area contributed by atoms with E-state index >= 15 is 0 Å². The van der Waals surface area contributed by atoms with Crippen molar-refractivity contribution in [2.45, 2.75) is 38.9 Å². The van der Waals surface area contributed by atoms with Gasteiger partial charge in [0.15, 0.2) is 0 Å². The van der Waals surface area contributed by atoms with Crippen LogP contribution in [0.2, 0.25) is 10.0 Å². The molecule has 1 aliphatic heterocycles. The fraction of sp³-hybridized carbons (Fsp3) is 0.143. The zero-order valence-corrected chi connectivity index (χ0v) is 35.0. The minimum Gasteiger partial charge on any atom is -1.51 e. The Morgan fingerprint density at radius 2 is 1.04 bits per heavy atom. The summed E-state index contributed by atoms with van der Waals surface area (Å²) in [6, 6.07) is 36.6. The largest absolute Gasteiger partial charge is 1.51 e. The van der Waals surface area contributed by atoms with Crippen molar-refractivity contribution in [2.24, 2.45) is 0 Å². The second-order valence-electron chi connectivity index (χ2n) is 13.4. The van der Waals surface area contributed by atoms with Crippen LogP contribution in [0.4, 0.5) is 8.78 Å². The number of hydrogen-bond donors (Lipinski definition) is 0. The molecule has 8 aromatic rings. The summed E-state index contributed by atoms with van der Waals surface area (Å²) in [5, 5.41) is 5.27. The topological polar surface area (TPSA) is 44.7 Å². The lowest BCUT2D eigenvalue weighted by Gasteiger charge is -2.32. The predicted octanol–water partition coefficient (Wildman–Crippen LogP) is 14.1. The van der Waals surface area contributed by atoms with Gasteiger partial charge in [-0.25, -0.2) is 8.78 Å². The van der Waals surface area contributed by atoms with Gasteiger partial charge in [0.25, 0.3) is 0 Å². The van der Waals surface area contributed by atoms with Crippen molar-refractivity contribution >= 4 is 115 Å². The SMILES string of the molecule is CC1(C)OB(c2ccc3oc4ccccc4c3c2)OC1(C)C.Fc1ccc(Cl)cc1-c1ccc2oc3ccccc3c2c1.Fc1ccc(Cl)cc1Br.[PH-2].[PH2-]. The number of fused-ring (bicyclic) bond motifs is 6. The minimum absolute atomic E-state index is 0. The molecule has 0 unspecified atom stereocenters. The van der Waals surface area contributed by atoms with Crippen molar-refractivity contribution in [3.63, 3.8) is 0 Å². The third-order valence-electron chi connectivity index (χ3n) is 9.42. The normalized spacial score (nSPS) is 14.2. The first-order valence-electron chi connectivity index (χ1n) is 16.5. The highest BCUT2D eigenvalue weighted by Crippen LogP contribution is 2.37. The Kier molecular flexibility index (Phi) is 13.0. The van der Waals surface area contributed by atoms with E-state index in [-0.39, 0.29) is 49.8 Å². The number of furan rings is 2. The molecule has 2 aromatic heterocycles. The molecule has 0 N–H and O–H groups in total. The summed E-state index contributed by atoms with van der Waals surface area (Å²) >= 11 is 14.5. The van der Waals surface area contributed by atoms with E-state index < -0.39 is 0 Å². The first-order chi connectivity index (χ1) is 24.8. The van der Waals surface area contributed by atoms with Crippen molar-refractivity contribution in [1.29, 1.82) is 0 Å². The van der Waals surface area contributed by atoms with Gasteiger partial charge in [-0.1, -0.05) is 77.8 Å². The summed E-state index contributed by atoms with van der Waals surface area (Å²) in [5.41, 5.74) is 5.07. The molecular formula is C42H35BBrCl2F2O4P2-3. The van der Waals surface area contributed by atoms with Crippen LogP contribution in [0.15, 0.2) is 135 Å². The summed E-state index contributed by atoms with van der Waals surface area (Å²) in [5.74, 6) is -0.578. The molecule has 0 saturated carbocycles. The average molecular weight is 865 g/mol. The standard InChI is InChI=1S/C18H19BO3.C18H10ClFO.C6H3BrClF.H2P.HP/c1-17(2)18(3,4)22-19(21-17)12-9-10-16-14(11-12)13-7-5-6-8-15(13)20-16;19-12-6-7-16(20)14(10-12)11-5-8-18-15(9-11)13-3-1-2-4-17(13)21-18;7-5-3-4(8)1-2-6(5)9;;/h5-11H,1-4H3;1-10H;1-3H;1H2;1H/q;;;-1;-2. The van der Waals surface area contributed by atoms with E-state index in [0.29, 0.717) is 20.1 Å². The number of halogens is 5. The molecule has 54 heavy (non-hydrogen) atoms. The predicted molar refractivity (Wildman–Crippen MR) is 231 cm³/mol. The molecule has 1 aliphatic rings. The van der Waals surface area contributed by atoms with E-state index in [9.17, 15) is 8.78 Å². The number of hydrogen-bond acceptors (Lipinski definition) is 4. The smallest absolute Gasteiger partial charge is 0.494 e. The summed E-state index contributed by atoms with van der Waals surface area (Å²) < 4.78 is 50.7. The summed E-state index contributed by atoms with van der Waals surface area (Å²) in [6.45, 7) is 8.27. The van der Waals surface area contributed by atoms with Gasteiger partial charge in [-0.15, -0.1) is 0 Å². The van der Waals surface area contributed by atoms with Crippen LogP contribution in [0.5, 0.6) is 0 Å². The Labute approximate surface area is 338 Å². The maximum Gasteiger partial charge on any atom is 0.494 e. The van der Waals surface area contributed by atoms with E-state index in [1.54, 1.807) is 12.1 Å². The molecule has 4 nitrogen and oxygen atoms in total. The molecule has 0 spiro atoms. The first kappa shape index (κ1) is 41.8. The molecular weight excluding hydrogens is 830 g/mol. The summed E-state index contributed by atoms with van der Waals surface area (Å²) in [4.78, 5) is 0. The molecule has 0 bridgehead atoms. The molecule has 0 aliphatic carbocycles. The molecule has 0 atom stereocenters. The first-order valence-corrected chi connectivity index (χ1v) is 18.1. The second-order valence-corrected chi connectivity index (χ2v) is 15.2. The van der Waals surface area contributed by atoms with Crippen molar-refractivity contribution in [2.75, 3.05) is 0 Å². The van der Waals surface area contributed by atoms with Gasteiger partial charge < -0.3 is 37.9 Å². The molecule has 6 aromatic carbocycles. The van der Waals surface area contributed by atoms with E-state index in [2.05, 4.69) is 55.8 Å². The number of benzene rings is 6. The van der Waals surface area contributed by atoms with Gasteiger partial charge in [0.1, 0.15) is 34.0 Å². The van der Waals surface area contributed by atoms with E-state index in [0.717, 1.165) is 54.9 Å². The molecule has 1 saturated heterocycles. The highest BCUT2D eigenvalue weighted by molar-refractivity contribution is 9.10. The lowest BCUT2D eigenvalue weighted by molar-refractivity contribution is 0.00578. The Hall–Kier alpha value is -3.32. The molecule has 278 valence electrons. The van der Waals surface area contributed by atoms with Gasteiger partial charge in [-0.2, -0.15) is 0 Å². The van der Waals surface area contributed by atoms with Crippen LogP contribution in [0.25, 0.3) is 55.0 Å². The Balaban J connectivity index is 0.000000165. The average Bonchev–Trinajstić information content (AvgIpc) is 3.75. The molecule has 0 radical (unpaired) electrons. The molecule has 0 amide bonds. The molecule has 12 heteroatoms. The maximum atomic E-state index is 14.0. The molecule has 9 rings (SSSR count). The zero-order valence-electron chi connectivity index (χ0n) is 29.7. The van der Waals surface area contributed by atoms with Crippen molar-refractivity contribution in [3.8, 4) is 11.1 Å². The zero-order chi connectivity index (χ0) is 36.8. The fourth-order valence-corrected chi connectivity index (χ4v) is 6.81. The highest BCUT2D eigenvalue weighted by atomic mass is 79.9. The Morgan fingerprint density at radius 3 is 1.59 bits per heavy atom. The highest BCUT2D eigenvalue weighted by Gasteiger charge is 2.51. The van der Waals surface area contributed by atoms with Crippen LogP contribution in [0.1, 0.15) is 27.7 Å². The van der Waals surface area contributed by atoms with Gasteiger partial charge in [0.05, 0.1) is 15.7 Å². The van der Waals surface area contributed by atoms with Gasteiger partial charge >= 0.3 is 7.12 Å².